The van der Waals surface area contributed by atoms with Gasteiger partial charge in [0.2, 0.25) is 5.91 Å². The third-order valence-corrected chi connectivity index (χ3v) is 3.72. The van der Waals surface area contributed by atoms with Gasteiger partial charge in [0, 0.05) is 11.9 Å². The lowest BCUT2D eigenvalue weighted by atomic mass is 10.2. The molecule has 1 heterocycles. The Morgan fingerprint density at radius 3 is 2.71 bits per heavy atom. The zero-order chi connectivity index (χ0) is 13.0. The molecule has 0 aliphatic heterocycles. The summed E-state index contributed by atoms with van der Waals surface area (Å²) in [7, 11) is 1.61. The largest absolute Gasteiger partial charge is 0.481 e. The van der Waals surface area contributed by atoms with Crippen LogP contribution in [0.15, 0.2) is 15.9 Å². The highest BCUT2D eigenvalue weighted by Gasteiger charge is 2.21. The van der Waals surface area contributed by atoms with E-state index in [2.05, 4.69) is 15.9 Å². The molecule has 1 atom stereocenters. The summed E-state index contributed by atoms with van der Waals surface area (Å²) in [5.74, 6) is -1.44. The van der Waals surface area contributed by atoms with Crippen LogP contribution in [0, 0.1) is 0 Å². The van der Waals surface area contributed by atoms with Gasteiger partial charge in [0.1, 0.15) is 0 Å². The summed E-state index contributed by atoms with van der Waals surface area (Å²) in [4.78, 5) is 24.6. The van der Waals surface area contributed by atoms with E-state index >= 15 is 0 Å². The minimum Gasteiger partial charge on any atom is -0.481 e. The molecule has 94 valence electrons. The molecule has 0 fully saturated rings. The average Bonchev–Trinajstić information content (AvgIpc) is 2.61. The molecule has 0 saturated heterocycles. The van der Waals surface area contributed by atoms with E-state index in [1.807, 2.05) is 12.1 Å². The fourth-order valence-electron chi connectivity index (χ4n) is 1.31. The van der Waals surface area contributed by atoms with Gasteiger partial charge in [-0.2, -0.15) is 0 Å². The number of carbonyl (C=O) groups excluding carboxylic acids is 1. The van der Waals surface area contributed by atoms with Gasteiger partial charge in [0.15, 0.2) is 0 Å². The Kier molecular flexibility index (Phi) is 5.10. The first-order valence-electron chi connectivity index (χ1n) is 4.86. The molecule has 0 bridgehead atoms. The fraction of sp³-hybridized carbons (Fsp3) is 0.400. The maximum absolute atomic E-state index is 11.7. The van der Waals surface area contributed by atoms with Crippen molar-refractivity contribution in [2.45, 2.75) is 19.0 Å². The van der Waals surface area contributed by atoms with Crippen molar-refractivity contribution in [1.82, 2.24) is 4.90 Å². The van der Waals surface area contributed by atoms with Crippen LogP contribution in [0.5, 0.6) is 0 Å². The summed E-state index contributed by atoms with van der Waals surface area (Å²) in [6.45, 7) is 0.433. The van der Waals surface area contributed by atoms with Gasteiger partial charge >= 0.3 is 5.97 Å². The molecule has 0 spiro atoms. The van der Waals surface area contributed by atoms with Gasteiger partial charge in [-0.05, 0) is 28.1 Å². The van der Waals surface area contributed by atoms with Crippen molar-refractivity contribution < 1.29 is 14.7 Å². The lowest BCUT2D eigenvalue weighted by Gasteiger charge is -2.19. The van der Waals surface area contributed by atoms with Gasteiger partial charge in [-0.25, -0.2) is 0 Å². The Labute approximate surface area is 111 Å². The number of thiophene rings is 1. The van der Waals surface area contributed by atoms with Crippen LogP contribution in [0.4, 0.5) is 0 Å². The topological polar surface area (TPSA) is 83.6 Å². The first kappa shape index (κ1) is 14.1. The minimum absolute atomic E-state index is 0.350. The van der Waals surface area contributed by atoms with Gasteiger partial charge in [-0.15, -0.1) is 11.3 Å². The number of hydrogen-bond acceptors (Lipinski definition) is 4. The summed E-state index contributed by atoms with van der Waals surface area (Å²) in [6, 6.07) is 2.82. The Morgan fingerprint density at radius 2 is 2.24 bits per heavy atom. The monoisotopic (exact) mass is 320 g/mol. The molecule has 0 saturated carbocycles. The van der Waals surface area contributed by atoms with Crippen LogP contribution in [0.2, 0.25) is 0 Å². The minimum atomic E-state index is -1.07. The zero-order valence-electron chi connectivity index (χ0n) is 9.22. The van der Waals surface area contributed by atoms with E-state index in [0.29, 0.717) is 6.54 Å². The highest BCUT2D eigenvalue weighted by Crippen LogP contribution is 2.23. The van der Waals surface area contributed by atoms with E-state index in [1.165, 1.54) is 16.2 Å². The second-order valence-corrected chi connectivity index (χ2v) is 6.15. The molecule has 1 aromatic rings. The molecule has 0 aliphatic carbocycles. The first-order valence-corrected chi connectivity index (χ1v) is 6.47. The zero-order valence-corrected chi connectivity index (χ0v) is 11.6. The van der Waals surface area contributed by atoms with Gasteiger partial charge in [0.05, 0.1) is 22.8 Å². The second-order valence-electron chi connectivity index (χ2n) is 3.60. The molecule has 0 aliphatic rings. The van der Waals surface area contributed by atoms with Crippen LogP contribution in [0.3, 0.4) is 0 Å². The highest BCUT2D eigenvalue weighted by molar-refractivity contribution is 9.11. The number of carboxylic acid groups (broad SMARTS) is 1. The van der Waals surface area contributed by atoms with Crippen LogP contribution < -0.4 is 5.73 Å². The Balaban J connectivity index is 2.55. The predicted octanol–water partition coefficient (Wildman–Crippen LogP) is 1.27. The van der Waals surface area contributed by atoms with Gasteiger partial charge in [-0.1, -0.05) is 0 Å². The average molecular weight is 321 g/mol. The van der Waals surface area contributed by atoms with Crippen LogP contribution in [-0.2, 0) is 16.1 Å². The van der Waals surface area contributed by atoms with Gasteiger partial charge in [0.25, 0.3) is 0 Å². The lowest BCUT2D eigenvalue weighted by Crippen LogP contribution is -2.42. The van der Waals surface area contributed by atoms with Crippen molar-refractivity contribution in [2.24, 2.45) is 5.73 Å². The molecule has 1 rings (SSSR count). The van der Waals surface area contributed by atoms with Crippen molar-refractivity contribution in [3.63, 3.8) is 0 Å². The van der Waals surface area contributed by atoms with E-state index in [9.17, 15) is 9.59 Å². The SMILES string of the molecule is CN(Cc1ccc(Br)s1)C(=O)C(N)CC(=O)O. The second kappa shape index (κ2) is 6.13. The molecular weight excluding hydrogens is 308 g/mol. The normalized spacial score (nSPS) is 12.2. The molecule has 3 N–H and O–H groups in total. The Bertz CT molecular complexity index is 421. The molecule has 1 amide bonds. The maximum Gasteiger partial charge on any atom is 0.305 e. The first-order chi connectivity index (χ1) is 7.90. The number of carbonyl (C=O) groups is 2. The molecular formula is C10H13BrN2O3S. The molecule has 1 unspecified atom stereocenters. The van der Waals surface area contributed by atoms with E-state index in [1.54, 1.807) is 7.05 Å². The quantitative estimate of drug-likeness (QED) is 0.855. The number of amides is 1. The molecule has 17 heavy (non-hydrogen) atoms. The van der Waals surface area contributed by atoms with Crippen LogP contribution in [0.1, 0.15) is 11.3 Å². The molecule has 0 aromatic carbocycles. The molecule has 1 aromatic heterocycles. The van der Waals surface area contributed by atoms with Crippen LogP contribution >= 0.6 is 27.3 Å². The lowest BCUT2D eigenvalue weighted by molar-refractivity contribution is -0.141. The summed E-state index contributed by atoms with van der Waals surface area (Å²) >= 11 is 4.86. The van der Waals surface area contributed by atoms with Crippen LogP contribution in [-0.4, -0.2) is 35.0 Å². The number of nitrogens with two attached hydrogens (primary N) is 1. The van der Waals surface area contributed by atoms with Crippen molar-refractivity contribution in [1.29, 1.82) is 0 Å². The number of nitrogens with zero attached hydrogens (tertiary/aromatic N) is 1. The standard InChI is InChI=1S/C10H13BrN2O3S/c1-13(5-6-2-3-8(11)17-6)10(16)7(12)4-9(14)15/h2-3,7H,4-5,12H2,1H3,(H,14,15). The maximum atomic E-state index is 11.7. The number of halogens is 1. The Morgan fingerprint density at radius 1 is 1.59 bits per heavy atom. The number of aliphatic carboxylic acids is 1. The van der Waals surface area contributed by atoms with E-state index in [0.717, 1.165) is 8.66 Å². The molecule has 5 nitrogen and oxygen atoms in total. The highest BCUT2D eigenvalue weighted by atomic mass is 79.9. The van der Waals surface area contributed by atoms with Crippen molar-refractivity contribution in [2.75, 3.05) is 7.05 Å². The summed E-state index contributed by atoms with van der Waals surface area (Å²) in [6.07, 6.45) is -0.350. The number of likely N-dealkylation sites (N-methyl/N-ethyl adjacent to an activating group) is 1. The number of hydrogen-bond donors (Lipinski definition) is 2. The van der Waals surface area contributed by atoms with E-state index in [4.69, 9.17) is 10.8 Å². The number of rotatable bonds is 5. The third kappa shape index (κ3) is 4.45. The van der Waals surface area contributed by atoms with Gasteiger partial charge < -0.3 is 15.7 Å². The Hall–Kier alpha value is -0.920. The van der Waals surface area contributed by atoms with Crippen LogP contribution in [0.25, 0.3) is 0 Å². The van der Waals surface area contributed by atoms with Gasteiger partial charge in [-0.3, -0.25) is 9.59 Å². The summed E-state index contributed by atoms with van der Waals surface area (Å²) < 4.78 is 0.989. The van der Waals surface area contributed by atoms with Crippen molar-refractivity contribution >= 4 is 39.1 Å². The molecule has 7 heteroatoms. The third-order valence-electron chi connectivity index (χ3n) is 2.11. The van der Waals surface area contributed by atoms with E-state index < -0.39 is 12.0 Å². The fourth-order valence-corrected chi connectivity index (χ4v) is 2.84. The van der Waals surface area contributed by atoms with Crippen molar-refractivity contribution in [3.05, 3.63) is 20.8 Å². The molecule has 0 radical (unpaired) electrons. The predicted molar refractivity (Wildman–Crippen MR) is 68.7 cm³/mol. The number of carboxylic acids is 1. The summed E-state index contributed by atoms with van der Waals surface area (Å²) in [5, 5.41) is 8.55. The van der Waals surface area contributed by atoms with E-state index in [-0.39, 0.29) is 12.3 Å². The van der Waals surface area contributed by atoms with Crippen molar-refractivity contribution in [3.8, 4) is 0 Å². The summed E-state index contributed by atoms with van der Waals surface area (Å²) in [5.41, 5.74) is 5.50. The smallest absolute Gasteiger partial charge is 0.305 e.